The van der Waals surface area contributed by atoms with E-state index in [0.717, 1.165) is 4.47 Å². The van der Waals surface area contributed by atoms with E-state index in [2.05, 4.69) is 26.6 Å². The summed E-state index contributed by atoms with van der Waals surface area (Å²) in [6.45, 7) is 4.37. The van der Waals surface area contributed by atoms with Gasteiger partial charge in [0.1, 0.15) is 5.75 Å². The van der Waals surface area contributed by atoms with Gasteiger partial charge in [-0.2, -0.15) is 0 Å². The van der Waals surface area contributed by atoms with Crippen molar-refractivity contribution in [2.45, 2.75) is 13.8 Å². The summed E-state index contributed by atoms with van der Waals surface area (Å²) in [5.41, 5.74) is 0.840. The monoisotopic (exact) mass is 438 g/mol. The Hall–Kier alpha value is -2.05. The molecule has 2 aromatic carbocycles. The Morgan fingerprint density at radius 2 is 1.92 bits per heavy atom. The predicted octanol–water partition coefficient (Wildman–Crippen LogP) is 4.51. The lowest BCUT2D eigenvalue weighted by molar-refractivity contribution is -0.118. The van der Waals surface area contributed by atoms with Gasteiger partial charge in [0.2, 0.25) is 0 Å². The fraction of sp³-hybridized carbons (Fsp3) is 0.263. The van der Waals surface area contributed by atoms with Gasteiger partial charge in [-0.05, 0) is 36.2 Å². The number of rotatable bonds is 7. The van der Waals surface area contributed by atoms with E-state index in [9.17, 15) is 9.59 Å². The van der Waals surface area contributed by atoms with Gasteiger partial charge in [0.25, 0.3) is 11.8 Å². The maximum atomic E-state index is 12.3. The summed E-state index contributed by atoms with van der Waals surface area (Å²) >= 11 is 9.37. The highest BCUT2D eigenvalue weighted by Gasteiger charge is 2.14. The summed E-state index contributed by atoms with van der Waals surface area (Å²) < 4.78 is 6.26. The van der Waals surface area contributed by atoms with E-state index in [0.29, 0.717) is 34.5 Å². The first-order chi connectivity index (χ1) is 12.4. The molecule has 2 amide bonds. The second-order valence-corrected chi connectivity index (χ2v) is 7.38. The Bertz CT molecular complexity index is 796. The van der Waals surface area contributed by atoms with Crippen LogP contribution in [0.4, 0.5) is 5.69 Å². The van der Waals surface area contributed by atoms with E-state index in [-0.39, 0.29) is 18.4 Å². The van der Waals surface area contributed by atoms with Crippen molar-refractivity contribution in [3.63, 3.8) is 0 Å². The van der Waals surface area contributed by atoms with Gasteiger partial charge in [0.15, 0.2) is 6.61 Å². The molecule has 0 spiro atoms. The predicted molar refractivity (Wildman–Crippen MR) is 107 cm³/mol. The van der Waals surface area contributed by atoms with Crippen LogP contribution in [0.3, 0.4) is 0 Å². The molecule has 0 bridgehead atoms. The molecule has 0 aliphatic rings. The van der Waals surface area contributed by atoms with Crippen LogP contribution in [-0.2, 0) is 4.79 Å². The minimum Gasteiger partial charge on any atom is -0.482 e. The van der Waals surface area contributed by atoms with Gasteiger partial charge in [-0.25, -0.2) is 0 Å². The van der Waals surface area contributed by atoms with Gasteiger partial charge < -0.3 is 15.4 Å². The first kappa shape index (κ1) is 20.3. The summed E-state index contributed by atoms with van der Waals surface area (Å²) in [4.78, 5) is 24.5. The zero-order valence-electron chi connectivity index (χ0n) is 14.5. The van der Waals surface area contributed by atoms with Gasteiger partial charge in [-0.1, -0.05) is 53.5 Å². The summed E-state index contributed by atoms with van der Waals surface area (Å²) in [6, 6.07) is 12.0. The number of benzene rings is 2. The normalized spacial score (nSPS) is 10.5. The molecule has 0 aliphatic heterocycles. The average molecular weight is 440 g/mol. The molecule has 26 heavy (non-hydrogen) atoms. The third-order valence-corrected chi connectivity index (χ3v) is 4.16. The number of carbonyl (C=O) groups excluding carboxylic acids is 2. The molecule has 5 nitrogen and oxygen atoms in total. The van der Waals surface area contributed by atoms with Gasteiger partial charge in [-0.15, -0.1) is 0 Å². The Morgan fingerprint density at radius 3 is 2.62 bits per heavy atom. The Kier molecular flexibility index (Phi) is 7.48. The number of hydrogen-bond donors (Lipinski definition) is 2. The van der Waals surface area contributed by atoms with Crippen LogP contribution in [0.25, 0.3) is 0 Å². The lowest BCUT2D eigenvalue weighted by Gasteiger charge is -2.13. The minimum atomic E-state index is -0.381. The molecule has 2 rings (SSSR count). The SMILES string of the molecule is CC(C)CNC(=O)c1ccccc1NC(=O)COc1ccc(Br)cc1Cl. The van der Waals surface area contributed by atoms with Crippen LogP contribution < -0.4 is 15.4 Å². The van der Waals surface area contributed by atoms with Crippen LogP contribution >= 0.6 is 27.5 Å². The van der Waals surface area contributed by atoms with Crippen molar-refractivity contribution in [2.24, 2.45) is 5.92 Å². The molecule has 0 aliphatic carbocycles. The molecular weight excluding hydrogens is 420 g/mol. The largest absolute Gasteiger partial charge is 0.482 e. The van der Waals surface area contributed by atoms with E-state index in [4.69, 9.17) is 16.3 Å². The maximum Gasteiger partial charge on any atom is 0.262 e. The van der Waals surface area contributed by atoms with Crippen molar-refractivity contribution in [3.05, 3.63) is 57.5 Å². The molecule has 0 aromatic heterocycles. The minimum absolute atomic E-state index is 0.219. The van der Waals surface area contributed by atoms with Crippen LogP contribution in [0.15, 0.2) is 46.9 Å². The molecule has 0 atom stereocenters. The van der Waals surface area contributed by atoms with Crippen molar-refractivity contribution >= 4 is 45.0 Å². The summed E-state index contributed by atoms with van der Waals surface area (Å²) in [7, 11) is 0. The molecular formula is C19H20BrClN2O3. The highest BCUT2D eigenvalue weighted by Crippen LogP contribution is 2.27. The fourth-order valence-corrected chi connectivity index (χ4v) is 2.83. The molecule has 2 aromatic rings. The first-order valence-electron chi connectivity index (χ1n) is 8.11. The highest BCUT2D eigenvalue weighted by molar-refractivity contribution is 9.10. The van der Waals surface area contributed by atoms with Crippen LogP contribution in [0.5, 0.6) is 5.75 Å². The average Bonchev–Trinajstić information content (AvgIpc) is 2.59. The number of halogens is 2. The molecule has 0 saturated carbocycles. The molecule has 2 N–H and O–H groups in total. The first-order valence-corrected chi connectivity index (χ1v) is 9.29. The molecule has 138 valence electrons. The standard InChI is InChI=1S/C19H20BrClN2O3/c1-12(2)10-22-19(25)14-5-3-4-6-16(14)23-18(24)11-26-17-8-7-13(20)9-15(17)21/h3-9,12H,10-11H2,1-2H3,(H,22,25)(H,23,24). The van der Waals surface area contributed by atoms with E-state index in [1.165, 1.54) is 0 Å². The van der Waals surface area contributed by atoms with E-state index < -0.39 is 0 Å². The second-order valence-electron chi connectivity index (χ2n) is 6.06. The van der Waals surface area contributed by atoms with Crippen LogP contribution in [-0.4, -0.2) is 25.0 Å². The number of amides is 2. The van der Waals surface area contributed by atoms with E-state index in [1.54, 1.807) is 42.5 Å². The Morgan fingerprint density at radius 1 is 1.19 bits per heavy atom. The molecule has 0 radical (unpaired) electrons. The van der Waals surface area contributed by atoms with Crippen molar-refractivity contribution in [1.29, 1.82) is 0 Å². The molecule has 0 saturated heterocycles. The number of nitrogens with one attached hydrogen (secondary N) is 2. The summed E-state index contributed by atoms with van der Waals surface area (Å²) in [5.74, 6) is 0.136. The smallest absolute Gasteiger partial charge is 0.262 e. The van der Waals surface area contributed by atoms with Gasteiger partial charge >= 0.3 is 0 Å². The molecule has 0 unspecified atom stereocenters. The van der Waals surface area contributed by atoms with Crippen molar-refractivity contribution < 1.29 is 14.3 Å². The van der Waals surface area contributed by atoms with Gasteiger partial charge in [0.05, 0.1) is 16.3 Å². The zero-order chi connectivity index (χ0) is 19.1. The number of anilines is 1. The van der Waals surface area contributed by atoms with Crippen molar-refractivity contribution in [1.82, 2.24) is 5.32 Å². The number of para-hydroxylation sites is 1. The number of ether oxygens (including phenoxy) is 1. The third kappa shape index (κ3) is 6.04. The van der Waals surface area contributed by atoms with Crippen LogP contribution in [0, 0.1) is 5.92 Å². The van der Waals surface area contributed by atoms with Gasteiger partial charge in [0, 0.05) is 11.0 Å². The second kappa shape index (κ2) is 9.59. The summed E-state index contributed by atoms with van der Waals surface area (Å²) in [5, 5.41) is 5.95. The molecule has 0 heterocycles. The number of carbonyl (C=O) groups is 2. The van der Waals surface area contributed by atoms with Crippen LogP contribution in [0.2, 0.25) is 5.02 Å². The zero-order valence-corrected chi connectivity index (χ0v) is 16.9. The van der Waals surface area contributed by atoms with Gasteiger partial charge in [-0.3, -0.25) is 9.59 Å². The van der Waals surface area contributed by atoms with E-state index in [1.807, 2.05) is 13.8 Å². The lowest BCUT2D eigenvalue weighted by atomic mass is 10.1. The Balaban J connectivity index is 1.99. The Labute approximate surface area is 166 Å². The highest BCUT2D eigenvalue weighted by atomic mass is 79.9. The van der Waals surface area contributed by atoms with Crippen LogP contribution in [0.1, 0.15) is 24.2 Å². The molecule has 7 heteroatoms. The maximum absolute atomic E-state index is 12.3. The van der Waals surface area contributed by atoms with Crippen molar-refractivity contribution in [2.75, 3.05) is 18.5 Å². The molecule has 0 fully saturated rings. The third-order valence-electron chi connectivity index (χ3n) is 3.37. The topological polar surface area (TPSA) is 67.4 Å². The number of hydrogen-bond acceptors (Lipinski definition) is 3. The lowest BCUT2D eigenvalue weighted by Crippen LogP contribution is -2.29. The van der Waals surface area contributed by atoms with Crippen molar-refractivity contribution in [3.8, 4) is 5.75 Å². The fourth-order valence-electron chi connectivity index (χ4n) is 2.10. The van der Waals surface area contributed by atoms with E-state index >= 15 is 0 Å². The summed E-state index contributed by atoms with van der Waals surface area (Å²) in [6.07, 6.45) is 0. The quantitative estimate of drug-likeness (QED) is 0.667.